The number of anilines is 1. The van der Waals surface area contributed by atoms with E-state index in [0.29, 0.717) is 35.5 Å². The number of hydrogen-bond acceptors (Lipinski definition) is 3. The normalized spacial score (nSPS) is 14.6. The summed E-state index contributed by atoms with van der Waals surface area (Å²) >= 11 is 6.03. The van der Waals surface area contributed by atoms with Crippen LogP contribution in [0.5, 0.6) is 0 Å². The van der Waals surface area contributed by atoms with Crippen LogP contribution in [0.4, 0.5) is 5.69 Å². The van der Waals surface area contributed by atoms with Gasteiger partial charge in [-0.3, -0.25) is 4.79 Å². The monoisotopic (exact) mass is 253 g/mol. The molecule has 1 aromatic rings. The molecular weight excluding hydrogens is 242 g/mol. The summed E-state index contributed by atoms with van der Waals surface area (Å²) < 4.78 is 4.72. The van der Waals surface area contributed by atoms with Crippen molar-refractivity contribution in [2.24, 2.45) is 0 Å². The summed E-state index contributed by atoms with van der Waals surface area (Å²) in [5, 5.41) is 3.18. The molecule has 0 bridgehead atoms. The van der Waals surface area contributed by atoms with Crippen LogP contribution >= 0.6 is 11.6 Å². The molecule has 0 spiro atoms. The van der Waals surface area contributed by atoms with Gasteiger partial charge >= 0.3 is 5.97 Å². The predicted molar refractivity (Wildman–Crippen MR) is 64.4 cm³/mol. The lowest BCUT2D eigenvalue weighted by Crippen LogP contribution is -2.11. The van der Waals surface area contributed by atoms with E-state index in [9.17, 15) is 9.59 Å². The SMILES string of the molecule is COC(=O)c1ccc(Cl)c2c1CCCC(=O)N2. The number of fused-ring (bicyclic) bond motifs is 1. The van der Waals surface area contributed by atoms with Crippen LogP contribution in [0.2, 0.25) is 5.02 Å². The van der Waals surface area contributed by atoms with E-state index in [1.54, 1.807) is 12.1 Å². The third-order valence-electron chi connectivity index (χ3n) is 2.76. The average Bonchev–Trinajstić information content (AvgIpc) is 2.51. The van der Waals surface area contributed by atoms with Gasteiger partial charge in [-0.05, 0) is 30.5 Å². The summed E-state index contributed by atoms with van der Waals surface area (Å²) in [6.45, 7) is 0. The van der Waals surface area contributed by atoms with E-state index in [1.807, 2.05) is 0 Å². The first kappa shape index (κ1) is 11.9. The Morgan fingerprint density at radius 2 is 2.18 bits per heavy atom. The second-order valence-corrected chi connectivity index (χ2v) is 4.25. The molecule has 4 nitrogen and oxygen atoms in total. The van der Waals surface area contributed by atoms with Crippen LogP contribution in [-0.2, 0) is 16.0 Å². The Hall–Kier alpha value is -1.55. The van der Waals surface area contributed by atoms with Gasteiger partial charge in [-0.2, -0.15) is 0 Å². The number of hydrogen-bond donors (Lipinski definition) is 1. The molecule has 1 aliphatic rings. The fourth-order valence-electron chi connectivity index (χ4n) is 1.94. The van der Waals surface area contributed by atoms with Gasteiger partial charge in [0.1, 0.15) is 0 Å². The lowest BCUT2D eigenvalue weighted by atomic mass is 10.0. The Kier molecular flexibility index (Phi) is 3.33. The number of ether oxygens (including phenoxy) is 1. The van der Waals surface area contributed by atoms with Crippen LogP contribution in [0.25, 0.3) is 0 Å². The molecule has 1 amide bonds. The van der Waals surface area contributed by atoms with Crippen molar-refractivity contribution in [1.29, 1.82) is 0 Å². The quantitative estimate of drug-likeness (QED) is 0.782. The summed E-state index contributed by atoms with van der Waals surface area (Å²) in [5.41, 5.74) is 1.77. The fourth-order valence-corrected chi connectivity index (χ4v) is 2.17. The van der Waals surface area contributed by atoms with E-state index in [-0.39, 0.29) is 5.91 Å². The Morgan fingerprint density at radius 1 is 1.41 bits per heavy atom. The molecule has 0 aromatic heterocycles. The lowest BCUT2D eigenvalue weighted by molar-refractivity contribution is -0.116. The molecule has 1 N–H and O–H groups in total. The van der Waals surface area contributed by atoms with Crippen molar-refractivity contribution >= 4 is 29.2 Å². The molecule has 1 aliphatic heterocycles. The average molecular weight is 254 g/mol. The number of carbonyl (C=O) groups is 2. The first-order valence-corrected chi connectivity index (χ1v) is 5.71. The molecule has 0 fully saturated rings. The smallest absolute Gasteiger partial charge is 0.338 e. The molecule has 1 aromatic carbocycles. The van der Waals surface area contributed by atoms with E-state index in [1.165, 1.54) is 7.11 Å². The highest BCUT2D eigenvalue weighted by atomic mass is 35.5. The molecule has 0 atom stereocenters. The summed E-state index contributed by atoms with van der Waals surface area (Å²) in [6, 6.07) is 3.22. The van der Waals surface area contributed by atoms with Crippen molar-refractivity contribution < 1.29 is 14.3 Å². The molecule has 1 heterocycles. The van der Waals surface area contributed by atoms with Gasteiger partial charge in [-0.15, -0.1) is 0 Å². The Labute approximate surface area is 104 Å². The molecule has 5 heteroatoms. The molecule has 17 heavy (non-hydrogen) atoms. The first-order valence-electron chi connectivity index (χ1n) is 5.33. The Morgan fingerprint density at radius 3 is 2.88 bits per heavy atom. The summed E-state index contributed by atoms with van der Waals surface area (Å²) in [7, 11) is 1.33. The van der Waals surface area contributed by atoms with E-state index >= 15 is 0 Å². The minimum absolute atomic E-state index is 0.0762. The van der Waals surface area contributed by atoms with Crippen molar-refractivity contribution in [3.63, 3.8) is 0 Å². The number of halogens is 1. The van der Waals surface area contributed by atoms with Gasteiger partial charge in [-0.25, -0.2) is 4.79 Å². The number of benzene rings is 1. The van der Waals surface area contributed by atoms with E-state index in [4.69, 9.17) is 16.3 Å². The largest absolute Gasteiger partial charge is 0.465 e. The minimum atomic E-state index is -0.408. The maximum atomic E-state index is 11.6. The number of esters is 1. The maximum absolute atomic E-state index is 11.6. The maximum Gasteiger partial charge on any atom is 0.338 e. The van der Waals surface area contributed by atoms with E-state index in [2.05, 4.69) is 5.32 Å². The Bertz CT molecular complexity index is 485. The highest BCUT2D eigenvalue weighted by molar-refractivity contribution is 6.34. The number of methoxy groups -OCH3 is 1. The Balaban J connectivity index is 2.55. The van der Waals surface area contributed by atoms with E-state index in [0.717, 1.165) is 5.56 Å². The zero-order chi connectivity index (χ0) is 12.4. The fraction of sp³-hybridized carbons (Fsp3) is 0.333. The topological polar surface area (TPSA) is 55.4 Å². The standard InChI is InChI=1S/C12H12ClNO3/c1-17-12(16)8-5-6-9(13)11-7(8)3-2-4-10(15)14-11/h5-6H,2-4H2,1H3,(H,14,15). The van der Waals surface area contributed by atoms with Gasteiger partial charge in [0.2, 0.25) is 5.91 Å². The summed E-state index contributed by atoms with van der Waals surface area (Å²) in [4.78, 5) is 23.1. The van der Waals surface area contributed by atoms with Crippen LogP contribution in [0, 0.1) is 0 Å². The minimum Gasteiger partial charge on any atom is -0.465 e. The molecule has 0 aliphatic carbocycles. The molecule has 0 radical (unpaired) electrons. The number of nitrogens with one attached hydrogen (secondary N) is 1. The molecule has 0 saturated heterocycles. The molecule has 2 rings (SSSR count). The molecule has 0 saturated carbocycles. The second kappa shape index (κ2) is 4.75. The number of amides is 1. The molecular formula is C12H12ClNO3. The van der Waals surface area contributed by atoms with Crippen LogP contribution in [0.15, 0.2) is 12.1 Å². The van der Waals surface area contributed by atoms with Gasteiger partial charge in [0, 0.05) is 6.42 Å². The van der Waals surface area contributed by atoms with Gasteiger partial charge in [0.25, 0.3) is 0 Å². The number of rotatable bonds is 1. The van der Waals surface area contributed by atoms with Crippen molar-refractivity contribution in [3.8, 4) is 0 Å². The first-order chi connectivity index (χ1) is 8.13. The summed E-state index contributed by atoms with van der Waals surface area (Å²) in [5.74, 6) is -0.485. The second-order valence-electron chi connectivity index (χ2n) is 3.84. The highest BCUT2D eigenvalue weighted by Gasteiger charge is 2.21. The third kappa shape index (κ3) is 2.26. The number of carbonyl (C=O) groups excluding carboxylic acids is 2. The third-order valence-corrected chi connectivity index (χ3v) is 3.08. The van der Waals surface area contributed by atoms with Crippen molar-refractivity contribution in [3.05, 3.63) is 28.3 Å². The zero-order valence-corrected chi connectivity index (χ0v) is 10.1. The summed E-state index contributed by atoms with van der Waals surface area (Å²) in [6.07, 6.45) is 1.77. The van der Waals surface area contributed by atoms with Gasteiger partial charge in [0.05, 0.1) is 23.4 Å². The van der Waals surface area contributed by atoms with Crippen LogP contribution in [0.3, 0.4) is 0 Å². The van der Waals surface area contributed by atoms with Gasteiger partial charge < -0.3 is 10.1 Å². The zero-order valence-electron chi connectivity index (χ0n) is 9.38. The molecule has 0 unspecified atom stereocenters. The van der Waals surface area contributed by atoms with Crippen molar-refractivity contribution in [2.75, 3.05) is 12.4 Å². The van der Waals surface area contributed by atoms with Crippen LogP contribution in [0.1, 0.15) is 28.8 Å². The van der Waals surface area contributed by atoms with Gasteiger partial charge in [-0.1, -0.05) is 11.6 Å². The van der Waals surface area contributed by atoms with Gasteiger partial charge in [0.15, 0.2) is 0 Å². The lowest BCUT2D eigenvalue weighted by Gasteiger charge is -2.12. The van der Waals surface area contributed by atoms with E-state index < -0.39 is 5.97 Å². The predicted octanol–water partition coefficient (Wildman–Crippen LogP) is 2.40. The highest BCUT2D eigenvalue weighted by Crippen LogP contribution is 2.32. The van der Waals surface area contributed by atoms with Crippen LogP contribution in [-0.4, -0.2) is 19.0 Å². The van der Waals surface area contributed by atoms with Crippen LogP contribution < -0.4 is 5.32 Å². The molecule has 90 valence electrons. The van der Waals surface area contributed by atoms with Crippen molar-refractivity contribution in [2.45, 2.75) is 19.3 Å². The van der Waals surface area contributed by atoms with Crippen molar-refractivity contribution in [1.82, 2.24) is 0 Å².